The Labute approximate surface area is 64.7 Å². The van der Waals surface area contributed by atoms with E-state index in [2.05, 4.69) is 15.0 Å². The van der Waals surface area contributed by atoms with E-state index in [1.54, 1.807) is 0 Å². The Balaban J connectivity index is 2.77. The summed E-state index contributed by atoms with van der Waals surface area (Å²) in [7, 11) is 0. The maximum absolute atomic E-state index is 9.28. The molecule has 1 rings (SSSR count). The Morgan fingerprint density at radius 1 is 1.36 bits per heavy atom. The number of anilines is 1. The molecule has 0 fully saturated rings. The molecule has 1 N–H and O–H groups in total. The third kappa shape index (κ3) is 1.84. The lowest BCUT2D eigenvalue weighted by Gasteiger charge is -2.17. The van der Waals surface area contributed by atoms with Crippen LogP contribution in [0.4, 0.5) is 5.95 Å². The molecular formula is C6H10N4O. The predicted molar refractivity (Wildman–Crippen MR) is 39.2 cm³/mol. The monoisotopic (exact) mass is 154 g/mol. The second-order valence-electron chi connectivity index (χ2n) is 2.38. The first-order valence-electron chi connectivity index (χ1n) is 3.32. The van der Waals surface area contributed by atoms with E-state index >= 15 is 0 Å². The van der Waals surface area contributed by atoms with Crippen molar-refractivity contribution in [1.82, 2.24) is 15.0 Å². The van der Waals surface area contributed by atoms with E-state index in [0.717, 1.165) is 5.06 Å². The summed E-state index contributed by atoms with van der Waals surface area (Å²) in [5.74, 6) is 0.273. The lowest BCUT2D eigenvalue weighted by Crippen LogP contribution is -2.28. The summed E-state index contributed by atoms with van der Waals surface area (Å²) >= 11 is 0. The minimum atomic E-state index is -0.0302. The first kappa shape index (κ1) is 7.87. The molecule has 0 unspecified atom stereocenters. The van der Waals surface area contributed by atoms with Crippen molar-refractivity contribution in [2.45, 2.75) is 19.9 Å². The third-order valence-electron chi connectivity index (χ3n) is 1.17. The van der Waals surface area contributed by atoms with Crippen molar-refractivity contribution in [3.63, 3.8) is 0 Å². The summed E-state index contributed by atoms with van der Waals surface area (Å²) in [4.78, 5) is 11.1. The van der Waals surface area contributed by atoms with E-state index in [9.17, 15) is 5.21 Å². The number of rotatable bonds is 2. The predicted octanol–water partition coefficient (Wildman–Crippen LogP) is 0.476. The van der Waals surface area contributed by atoms with Gasteiger partial charge in [0.2, 0.25) is 0 Å². The van der Waals surface area contributed by atoms with Crippen LogP contribution in [-0.4, -0.2) is 26.2 Å². The average molecular weight is 154 g/mol. The average Bonchev–Trinajstić information content (AvgIpc) is 2.05. The van der Waals surface area contributed by atoms with Gasteiger partial charge in [0.1, 0.15) is 12.7 Å². The van der Waals surface area contributed by atoms with Gasteiger partial charge in [0.25, 0.3) is 5.95 Å². The van der Waals surface area contributed by atoms with Crippen LogP contribution >= 0.6 is 0 Å². The van der Waals surface area contributed by atoms with Gasteiger partial charge in [-0.2, -0.15) is 9.97 Å². The van der Waals surface area contributed by atoms with E-state index in [4.69, 9.17) is 0 Å². The molecule has 0 saturated carbocycles. The molecule has 1 aromatic rings. The van der Waals surface area contributed by atoms with Gasteiger partial charge in [0.05, 0.1) is 6.04 Å². The molecule has 0 aliphatic heterocycles. The topological polar surface area (TPSA) is 62.1 Å². The van der Waals surface area contributed by atoms with Gasteiger partial charge in [-0.3, -0.25) is 5.21 Å². The molecule has 1 aromatic heterocycles. The fourth-order valence-corrected chi connectivity index (χ4v) is 0.582. The molecule has 0 spiro atoms. The Morgan fingerprint density at radius 2 is 1.91 bits per heavy atom. The van der Waals surface area contributed by atoms with Crippen molar-refractivity contribution < 1.29 is 5.21 Å². The molecule has 0 radical (unpaired) electrons. The molecule has 0 atom stereocenters. The first-order valence-corrected chi connectivity index (χ1v) is 3.32. The molecular weight excluding hydrogens is 144 g/mol. The van der Waals surface area contributed by atoms with Gasteiger partial charge in [0.15, 0.2) is 0 Å². The highest BCUT2D eigenvalue weighted by Gasteiger charge is 2.08. The number of hydroxylamine groups is 1. The molecule has 1 heterocycles. The molecule has 0 aromatic carbocycles. The Hall–Kier alpha value is -1.23. The summed E-state index contributed by atoms with van der Waals surface area (Å²) in [5.41, 5.74) is 0. The van der Waals surface area contributed by atoms with Crippen LogP contribution in [0.2, 0.25) is 0 Å². The number of nitrogens with zero attached hydrogens (tertiary/aromatic N) is 4. The molecule has 0 bridgehead atoms. The zero-order valence-electron chi connectivity index (χ0n) is 6.47. The van der Waals surface area contributed by atoms with Crippen LogP contribution in [0.15, 0.2) is 12.7 Å². The Morgan fingerprint density at radius 3 is 2.36 bits per heavy atom. The van der Waals surface area contributed by atoms with Gasteiger partial charge in [-0.25, -0.2) is 10.0 Å². The zero-order chi connectivity index (χ0) is 8.27. The summed E-state index contributed by atoms with van der Waals surface area (Å²) in [5, 5.41) is 10.3. The smallest absolute Gasteiger partial charge is 0.252 e. The molecule has 0 aliphatic carbocycles. The molecule has 5 heteroatoms. The van der Waals surface area contributed by atoms with Crippen LogP contribution in [0.1, 0.15) is 13.8 Å². The highest BCUT2D eigenvalue weighted by atomic mass is 16.5. The van der Waals surface area contributed by atoms with Crippen molar-refractivity contribution in [3.8, 4) is 0 Å². The van der Waals surface area contributed by atoms with E-state index in [1.165, 1.54) is 12.7 Å². The highest BCUT2D eigenvalue weighted by Crippen LogP contribution is 2.03. The van der Waals surface area contributed by atoms with Crippen molar-refractivity contribution in [2.24, 2.45) is 0 Å². The van der Waals surface area contributed by atoms with Crippen LogP contribution in [0.3, 0.4) is 0 Å². The summed E-state index contributed by atoms with van der Waals surface area (Å²) in [6, 6.07) is -0.0302. The second kappa shape index (κ2) is 3.25. The van der Waals surface area contributed by atoms with E-state index in [0.29, 0.717) is 0 Å². The molecule has 0 aliphatic rings. The van der Waals surface area contributed by atoms with Crippen LogP contribution in [-0.2, 0) is 0 Å². The second-order valence-corrected chi connectivity index (χ2v) is 2.38. The van der Waals surface area contributed by atoms with Gasteiger partial charge in [-0.1, -0.05) is 0 Å². The van der Waals surface area contributed by atoms with Crippen LogP contribution < -0.4 is 5.06 Å². The van der Waals surface area contributed by atoms with Gasteiger partial charge in [0, 0.05) is 0 Å². The van der Waals surface area contributed by atoms with Crippen LogP contribution in [0.5, 0.6) is 0 Å². The van der Waals surface area contributed by atoms with Crippen LogP contribution in [0.25, 0.3) is 0 Å². The summed E-state index contributed by atoms with van der Waals surface area (Å²) in [6.45, 7) is 3.67. The minimum Gasteiger partial charge on any atom is -0.285 e. The number of hydrogen-bond acceptors (Lipinski definition) is 5. The lowest BCUT2D eigenvalue weighted by molar-refractivity contribution is 0.222. The highest BCUT2D eigenvalue weighted by molar-refractivity contribution is 5.22. The van der Waals surface area contributed by atoms with Gasteiger partial charge in [-0.15, -0.1) is 0 Å². The maximum Gasteiger partial charge on any atom is 0.252 e. The normalized spacial score (nSPS) is 10.2. The van der Waals surface area contributed by atoms with Gasteiger partial charge in [-0.05, 0) is 13.8 Å². The molecule has 0 saturated heterocycles. The largest absolute Gasteiger partial charge is 0.285 e. The standard InChI is InChI=1S/C6H10N4O/c1-5(2)10(11)6-8-3-7-4-9-6/h3-5,11H,1-2H3. The summed E-state index contributed by atoms with van der Waals surface area (Å²) < 4.78 is 0. The molecule has 11 heavy (non-hydrogen) atoms. The fourth-order valence-electron chi connectivity index (χ4n) is 0.582. The maximum atomic E-state index is 9.28. The molecule has 60 valence electrons. The first-order chi connectivity index (χ1) is 5.22. The molecule has 5 nitrogen and oxygen atoms in total. The number of aromatic nitrogens is 3. The van der Waals surface area contributed by atoms with Gasteiger partial charge < -0.3 is 0 Å². The van der Waals surface area contributed by atoms with Gasteiger partial charge >= 0.3 is 0 Å². The van der Waals surface area contributed by atoms with Crippen molar-refractivity contribution in [3.05, 3.63) is 12.7 Å². The van der Waals surface area contributed by atoms with E-state index in [-0.39, 0.29) is 12.0 Å². The third-order valence-corrected chi connectivity index (χ3v) is 1.17. The van der Waals surface area contributed by atoms with E-state index in [1.807, 2.05) is 13.8 Å². The quantitative estimate of drug-likeness (QED) is 0.627. The van der Waals surface area contributed by atoms with Crippen molar-refractivity contribution in [1.29, 1.82) is 0 Å². The van der Waals surface area contributed by atoms with E-state index < -0.39 is 0 Å². The summed E-state index contributed by atoms with van der Waals surface area (Å²) in [6.07, 6.45) is 2.68. The number of hydrogen-bond donors (Lipinski definition) is 1. The van der Waals surface area contributed by atoms with Crippen molar-refractivity contribution >= 4 is 5.95 Å². The fraction of sp³-hybridized carbons (Fsp3) is 0.500. The Bertz CT molecular complexity index is 213. The SMILES string of the molecule is CC(C)N(O)c1ncncn1. The minimum absolute atomic E-state index is 0.0302. The van der Waals surface area contributed by atoms with Crippen molar-refractivity contribution in [2.75, 3.05) is 5.06 Å². The zero-order valence-corrected chi connectivity index (χ0v) is 6.47. The van der Waals surface area contributed by atoms with Crippen LogP contribution in [0, 0.1) is 0 Å². The lowest BCUT2D eigenvalue weighted by atomic mass is 10.4. The Kier molecular flexibility index (Phi) is 2.32. The molecule has 0 amide bonds.